The fourth-order valence-electron chi connectivity index (χ4n) is 2.39. The van der Waals surface area contributed by atoms with Crippen LogP contribution in [0.3, 0.4) is 0 Å². The maximum Gasteiger partial charge on any atom is 0.253 e. The van der Waals surface area contributed by atoms with Gasteiger partial charge in [0, 0.05) is 5.69 Å². The second-order valence-corrected chi connectivity index (χ2v) is 6.60. The van der Waals surface area contributed by atoms with E-state index in [9.17, 15) is 4.79 Å². The Morgan fingerprint density at radius 2 is 1.63 bits per heavy atom. The van der Waals surface area contributed by atoms with Crippen LogP contribution in [-0.4, -0.2) is 31.3 Å². The number of carbonyl (C=O) groups excluding carboxylic acids is 1. The molecule has 0 saturated carbocycles. The zero-order chi connectivity index (χ0) is 19.5. The minimum absolute atomic E-state index is 0.172. The van der Waals surface area contributed by atoms with Gasteiger partial charge in [-0.1, -0.05) is 42.5 Å². The van der Waals surface area contributed by atoms with Crippen molar-refractivity contribution in [2.75, 3.05) is 18.5 Å². The number of ether oxygens (including phenoxy) is 3. The molecule has 1 amide bonds. The molecule has 2 aromatic carbocycles. The van der Waals surface area contributed by atoms with Crippen molar-refractivity contribution in [2.45, 2.75) is 46.2 Å². The largest absolute Gasteiger partial charge is 0.376 e. The molecule has 1 N–H and O–H groups in total. The van der Waals surface area contributed by atoms with Gasteiger partial charge in [-0.3, -0.25) is 4.79 Å². The SMILES string of the molecule is CC(C)OCCOCc1cccc(NC(=O)C(C)OCc2ccccc2)c1. The Balaban J connectivity index is 1.76. The van der Waals surface area contributed by atoms with E-state index < -0.39 is 6.10 Å². The summed E-state index contributed by atoms with van der Waals surface area (Å²) in [6, 6.07) is 17.4. The molecule has 1 atom stereocenters. The van der Waals surface area contributed by atoms with Gasteiger partial charge in [-0.25, -0.2) is 0 Å². The molecule has 5 nitrogen and oxygen atoms in total. The van der Waals surface area contributed by atoms with Crippen molar-refractivity contribution >= 4 is 11.6 Å². The monoisotopic (exact) mass is 371 g/mol. The normalized spacial score (nSPS) is 12.1. The number of hydrogen-bond donors (Lipinski definition) is 1. The first-order valence-electron chi connectivity index (χ1n) is 9.29. The van der Waals surface area contributed by atoms with E-state index in [-0.39, 0.29) is 12.0 Å². The maximum absolute atomic E-state index is 12.3. The number of rotatable bonds is 11. The Hall–Kier alpha value is -2.21. The molecule has 2 rings (SSSR count). The van der Waals surface area contributed by atoms with E-state index in [4.69, 9.17) is 14.2 Å². The van der Waals surface area contributed by atoms with E-state index in [0.717, 1.165) is 16.8 Å². The summed E-state index contributed by atoms with van der Waals surface area (Å²) in [7, 11) is 0. The average molecular weight is 371 g/mol. The highest BCUT2D eigenvalue weighted by Crippen LogP contribution is 2.13. The third-order valence-corrected chi connectivity index (χ3v) is 3.85. The van der Waals surface area contributed by atoms with E-state index >= 15 is 0 Å². The van der Waals surface area contributed by atoms with E-state index in [1.54, 1.807) is 6.92 Å². The zero-order valence-corrected chi connectivity index (χ0v) is 16.3. The van der Waals surface area contributed by atoms with Crippen molar-refractivity contribution in [1.29, 1.82) is 0 Å². The highest BCUT2D eigenvalue weighted by molar-refractivity contribution is 5.93. The van der Waals surface area contributed by atoms with Crippen molar-refractivity contribution in [3.05, 3.63) is 65.7 Å². The first-order chi connectivity index (χ1) is 13.0. The standard InChI is InChI=1S/C22H29NO4/c1-17(2)26-13-12-25-15-20-10-7-11-21(14-20)23-22(24)18(3)27-16-19-8-5-4-6-9-19/h4-11,14,17-18H,12-13,15-16H2,1-3H3,(H,23,24). The first kappa shape index (κ1) is 21.1. The number of anilines is 1. The topological polar surface area (TPSA) is 56.8 Å². The lowest BCUT2D eigenvalue weighted by molar-refractivity contribution is -0.127. The fraction of sp³-hybridized carbons (Fsp3) is 0.409. The minimum atomic E-state index is -0.543. The molecule has 5 heteroatoms. The Kier molecular flexibility index (Phi) is 8.98. The number of hydrogen-bond acceptors (Lipinski definition) is 4. The maximum atomic E-state index is 12.3. The fourth-order valence-corrected chi connectivity index (χ4v) is 2.39. The lowest BCUT2D eigenvalue weighted by Gasteiger charge is -2.14. The Bertz CT molecular complexity index is 688. The molecule has 2 aromatic rings. The number of nitrogens with one attached hydrogen (secondary N) is 1. The van der Waals surface area contributed by atoms with E-state index in [1.807, 2.05) is 68.4 Å². The van der Waals surface area contributed by atoms with Crippen molar-refractivity contribution < 1.29 is 19.0 Å². The number of carbonyl (C=O) groups is 1. The summed E-state index contributed by atoms with van der Waals surface area (Å²) >= 11 is 0. The van der Waals surface area contributed by atoms with Crippen LogP contribution in [-0.2, 0) is 32.2 Å². The molecular weight excluding hydrogens is 342 g/mol. The summed E-state index contributed by atoms with van der Waals surface area (Å²) in [5.41, 5.74) is 2.77. The van der Waals surface area contributed by atoms with Gasteiger partial charge in [-0.15, -0.1) is 0 Å². The molecule has 0 fully saturated rings. The van der Waals surface area contributed by atoms with Crippen molar-refractivity contribution in [3.8, 4) is 0 Å². The molecule has 0 aromatic heterocycles. The lowest BCUT2D eigenvalue weighted by Crippen LogP contribution is -2.27. The first-order valence-corrected chi connectivity index (χ1v) is 9.29. The van der Waals surface area contributed by atoms with Crippen LogP contribution in [0.2, 0.25) is 0 Å². The molecule has 146 valence electrons. The third-order valence-electron chi connectivity index (χ3n) is 3.85. The second-order valence-electron chi connectivity index (χ2n) is 6.60. The molecule has 27 heavy (non-hydrogen) atoms. The van der Waals surface area contributed by atoms with Gasteiger partial charge >= 0.3 is 0 Å². The van der Waals surface area contributed by atoms with Gasteiger partial charge < -0.3 is 19.5 Å². The molecule has 0 saturated heterocycles. The Morgan fingerprint density at radius 3 is 2.37 bits per heavy atom. The van der Waals surface area contributed by atoms with Crippen molar-refractivity contribution in [3.63, 3.8) is 0 Å². The summed E-state index contributed by atoms with van der Waals surface area (Å²) in [5.74, 6) is -0.172. The van der Waals surface area contributed by atoms with Gasteiger partial charge in [0.2, 0.25) is 0 Å². The van der Waals surface area contributed by atoms with Crippen LogP contribution in [0.25, 0.3) is 0 Å². The highest BCUT2D eigenvalue weighted by atomic mass is 16.5. The molecule has 0 aliphatic carbocycles. The van der Waals surface area contributed by atoms with Crippen LogP contribution >= 0.6 is 0 Å². The third kappa shape index (κ3) is 8.35. The Labute approximate surface area is 161 Å². The zero-order valence-electron chi connectivity index (χ0n) is 16.3. The molecular formula is C22H29NO4. The molecule has 0 aliphatic heterocycles. The van der Waals surface area contributed by atoms with Crippen LogP contribution < -0.4 is 5.32 Å². The summed E-state index contributed by atoms with van der Waals surface area (Å²) < 4.78 is 16.7. The number of amides is 1. The average Bonchev–Trinajstić information content (AvgIpc) is 2.66. The molecule has 0 aliphatic rings. The van der Waals surface area contributed by atoms with Gasteiger partial charge in [-0.2, -0.15) is 0 Å². The lowest BCUT2D eigenvalue weighted by atomic mass is 10.2. The Morgan fingerprint density at radius 1 is 0.889 bits per heavy atom. The van der Waals surface area contributed by atoms with E-state index in [2.05, 4.69) is 5.32 Å². The van der Waals surface area contributed by atoms with Crippen LogP contribution in [0.1, 0.15) is 31.9 Å². The summed E-state index contributed by atoms with van der Waals surface area (Å²) in [6.45, 7) is 7.74. The summed E-state index contributed by atoms with van der Waals surface area (Å²) in [4.78, 5) is 12.3. The molecule has 0 radical (unpaired) electrons. The number of benzene rings is 2. The molecule has 0 heterocycles. The quantitative estimate of drug-likeness (QED) is 0.602. The van der Waals surface area contributed by atoms with Crippen LogP contribution in [0.5, 0.6) is 0 Å². The van der Waals surface area contributed by atoms with Gasteiger partial charge in [0.05, 0.1) is 32.5 Å². The summed E-state index contributed by atoms with van der Waals surface area (Å²) in [6.07, 6.45) is -0.337. The van der Waals surface area contributed by atoms with Gasteiger partial charge in [-0.05, 0) is 44.0 Å². The van der Waals surface area contributed by atoms with Crippen LogP contribution in [0, 0.1) is 0 Å². The second kappa shape index (κ2) is 11.5. The van der Waals surface area contributed by atoms with Gasteiger partial charge in [0.15, 0.2) is 0 Å². The smallest absolute Gasteiger partial charge is 0.253 e. The van der Waals surface area contributed by atoms with Crippen molar-refractivity contribution in [2.24, 2.45) is 0 Å². The van der Waals surface area contributed by atoms with E-state index in [1.165, 1.54) is 0 Å². The molecule has 0 spiro atoms. The van der Waals surface area contributed by atoms with Gasteiger partial charge in [0.1, 0.15) is 6.10 Å². The predicted molar refractivity (Wildman–Crippen MR) is 107 cm³/mol. The van der Waals surface area contributed by atoms with E-state index in [0.29, 0.717) is 26.4 Å². The van der Waals surface area contributed by atoms with Crippen LogP contribution in [0.4, 0.5) is 5.69 Å². The van der Waals surface area contributed by atoms with Crippen LogP contribution in [0.15, 0.2) is 54.6 Å². The predicted octanol–water partition coefficient (Wildman–Crippen LogP) is 4.17. The summed E-state index contributed by atoms with van der Waals surface area (Å²) in [5, 5.41) is 2.89. The molecule has 1 unspecified atom stereocenters. The van der Waals surface area contributed by atoms with Crippen molar-refractivity contribution in [1.82, 2.24) is 0 Å². The van der Waals surface area contributed by atoms with Gasteiger partial charge in [0.25, 0.3) is 5.91 Å². The minimum Gasteiger partial charge on any atom is -0.376 e. The molecule has 0 bridgehead atoms. The highest BCUT2D eigenvalue weighted by Gasteiger charge is 2.13.